The van der Waals surface area contributed by atoms with E-state index in [9.17, 15) is 27.6 Å². The molecular weight excluding hydrogens is 1010 g/mol. The van der Waals surface area contributed by atoms with Crippen LogP contribution in [0.5, 0.6) is 5.75 Å². The van der Waals surface area contributed by atoms with Gasteiger partial charge in [-0.1, -0.05) is 43.5 Å². The molecule has 78 heavy (non-hydrogen) atoms. The van der Waals surface area contributed by atoms with Gasteiger partial charge in [0.15, 0.2) is 15.7 Å². The normalized spacial score (nSPS) is 20.2. The number of hydrogen-bond donors (Lipinski definition) is 6. The van der Waals surface area contributed by atoms with Crippen molar-refractivity contribution in [2.75, 3.05) is 43.5 Å². The number of nitrogens with zero attached hydrogens (tertiary/aromatic N) is 6. The molecule has 20 heteroatoms. The van der Waals surface area contributed by atoms with Crippen molar-refractivity contribution in [3.63, 3.8) is 0 Å². The number of rotatable bonds is 18. The second-order valence-corrected chi connectivity index (χ2v) is 25.6. The molecule has 9 rings (SSSR count). The first-order chi connectivity index (χ1) is 37.4. The number of nitrogens with one attached hydrogen (secondary N) is 6. The third kappa shape index (κ3) is 12.4. The highest BCUT2D eigenvalue weighted by Gasteiger charge is 2.45. The fourth-order valence-electron chi connectivity index (χ4n) is 11.6. The number of ether oxygens (including phenoxy) is 1. The Balaban J connectivity index is 0.809. The van der Waals surface area contributed by atoms with Crippen molar-refractivity contribution in [3.05, 3.63) is 89.0 Å². The van der Waals surface area contributed by atoms with Gasteiger partial charge in [0.25, 0.3) is 5.91 Å². The van der Waals surface area contributed by atoms with E-state index in [1.807, 2.05) is 32.0 Å². The van der Waals surface area contributed by atoms with Crippen molar-refractivity contribution < 1.29 is 32.3 Å². The molecule has 2 aromatic carbocycles. The van der Waals surface area contributed by atoms with Crippen molar-refractivity contribution >= 4 is 61.8 Å². The lowest BCUT2D eigenvalue weighted by Gasteiger charge is -2.35. The van der Waals surface area contributed by atoms with Gasteiger partial charge in [0.05, 0.1) is 34.5 Å². The molecule has 5 aromatic rings. The lowest BCUT2D eigenvalue weighted by molar-refractivity contribution is -0.143. The summed E-state index contributed by atoms with van der Waals surface area (Å²) in [5, 5.41) is 23.6. The van der Waals surface area contributed by atoms with Crippen molar-refractivity contribution in [1.82, 2.24) is 51.3 Å². The molecule has 0 bridgehead atoms. The first-order valence-corrected chi connectivity index (χ1v) is 29.5. The zero-order valence-corrected chi connectivity index (χ0v) is 47.1. The van der Waals surface area contributed by atoms with Crippen LogP contribution < -0.4 is 36.2 Å². The van der Waals surface area contributed by atoms with E-state index in [0.29, 0.717) is 40.6 Å². The van der Waals surface area contributed by atoms with Gasteiger partial charge >= 0.3 is 0 Å². The van der Waals surface area contributed by atoms with E-state index in [1.165, 1.54) is 11.9 Å². The van der Waals surface area contributed by atoms with Crippen molar-refractivity contribution in [1.29, 1.82) is 0 Å². The molecule has 5 atom stereocenters. The van der Waals surface area contributed by atoms with Gasteiger partial charge in [0, 0.05) is 54.6 Å². The Labute approximate surface area is 458 Å². The van der Waals surface area contributed by atoms with Crippen LogP contribution in [0.15, 0.2) is 66.0 Å². The largest absolute Gasteiger partial charge is 0.492 e. The zero-order valence-electron chi connectivity index (χ0n) is 46.3. The van der Waals surface area contributed by atoms with E-state index in [0.717, 1.165) is 113 Å². The predicted octanol–water partition coefficient (Wildman–Crippen LogP) is 7.32. The molecule has 0 spiro atoms. The molecule has 19 nitrogen and oxygen atoms in total. The first kappa shape index (κ1) is 56.1. The van der Waals surface area contributed by atoms with Gasteiger partial charge in [-0.2, -0.15) is 5.10 Å². The van der Waals surface area contributed by atoms with Crippen LogP contribution in [0, 0.1) is 25.7 Å². The van der Waals surface area contributed by atoms with E-state index in [4.69, 9.17) is 9.72 Å². The summed E-state index contributed by atoms with van der Waals surface area (Å²) in [5.74, 6) is 1.29. The van der Waals surface area contributed by atoms with Crippen molar-refractivity contribution in [2.24, 2.45) is 11.8 Å². The molecule has 4 amide bonds. The molecule has 0 radical (unpaired) electrons. The number of aryl methyl sites for hydroxylation is 2. The molecule has 2 unspecified atom stereocenters. The Kier molecular flexibility index (Phi) is 17.4. The van der Waals surface area contributed by atoms with Crippen LogP contribution in [0.4, 0.5) is 17.5 Å². The molecule has 6 N–H and O–H groups in total. The van der Waals surface area contributed by atoms with Crippen LogP contribution >= 0.6 is 0 Å². The number of likely N-dealkylation sites (tertiary alicyclic amines) is 1. The van der Waals surface area contributed by atoms with Gasteiger partial charge in [0.2, 0.25) is 17.7 Å². The minimum Gasteiger partial charge on any atom is -0.492 e. The molecule has 5 heterocycles. The lowest BCUT2D eigenvalue weighted by Crippen LogP contribution is -2.58. The molecule has 1 saturated carbocycles. The number of carbonyl (C=O) groups is 4. The van der Waals surface area contributed by atoms with E-state index < -0.39 is 38.8 Å². The van der Waals surface area contributed by atoms with Gasteiger partial charge in [-0.15, -0.1) is 0 Å². The first-order valence-electron chi connectivity index (χ1n) is 28.0. The maximum atomic E-state index is 14.8. The highest BCUT2D eigenvalue weighted by molar-refractivity contribution is 7.92. The number of benzene rings is 2. The molecule has 2 aliphatic heterocycles. The summed E-state index contributed by atoms with van der Waals surface area (Å²) < 4.78 is 33.3. The van der Waals surface area contributed by atoms with Gasteiger partial charge in [-0.3, -0.25) is 24.3 Å². The number of likely N-dealkylation sites (N-methyl/N-ethyl adjacent to an activating group) is 1. The summed E-state index contributed by atoms with van der Waals surface area (Å²) in [5.41, 5.74) is 5.06. The SMILES string of the molecule is CNC(C)C(=O)NC(C(=O)N1C[C@@H](NC(=O)c2ccc(N3CCC(CCCOc4cc5ncnc(Nc6n[nH]c(C)c6C)c5cc4S(=O)(=O)C(C)(C)C)CC3)nc2)C[C@H]1C(=O)N[C@@H]1CCCc2ccccc21)C1CCCCC1. The number of H-pyrrole nitrogens is 1. The number of aromatic nitrogens is 5. The molecule has 4 aliphatic rings. The maximum absolute atomic E-state index is 14.8. The molecular formula is C58H78N12O7S. The van der Waals surface area contributed by atoms with Crippen LogP contribution in [-0.2, 0) is 30.6 Å². The number of carbonyl (C=O) groups excluding carboxylic acids is 4. The number of piperidine rings is 1. The lowest BCUT2D eigenvalue weighted by atomic mass is 9.83. The number of sulfone groups is 1. The summed E-state index contributed by atoms with van der Waals surface area (Å²) in [6.07, 6.45) is 14.0. The average molecular weight is 1090 g/mol. The quantitative estimate of drug-likeness (QED) is 0.0471. The van der Waals surface area contributed by atoms with Gasteiger partial charge in [-0.05, 0) is 154 Å². The highest BCUT2D eigenvalue weighted by atomic mass is 32.2. The van der Waals surface area contributed by atoms with Crippen molar-refractivity contribution in [2.45, 2.75) is 165 Å². The fraction of sp³-hybridized carbons (Fsp3) is 0.552. The minimum absolute atomic E-state index is 0.0612. The number of fused-ring (bicyclic) bond motifs is 2. The standard InChI is InChI=1S/C58H78N12O7S/c1-35-36(2)67-68-52(35)66-53-44-30-49(78(75,76)58(4,5)6)48(31-46(44)61-34-62-53)77-28-14-15-38-24-26-69(27-25-38)50-23-22-41(32-60-50)55(72)63-42-29-47(56(73)64-45-21-13-19-39-16-11-12-20-43(39)45)70(33-42)57(74)51(40-17-9-8-10-18-40)65-54(71)37(3)59-7/h11-12,16,20,22-23,30-32,34,37-38,40,42,45,47,51,59H,8-10,13-15,17-19,21,24-29,33H2,1-7H3,(H,63,72)(H,64,73)(H,65,71)(H2,61,62,66,67,68)/t37?,42-,45+,47-,51?/m0/s1. The Hall–Kier alpha value is -6.67. The summed E-state index contributed by atoms with van der Waals surface area (Å²) >= 11 is 0. The molecule has 3 aromatic heterocycles. The Morgan fingerprint density at radius 3 is 2.37 bits per heavy atom. The Morgan fingerprint density at radius 2 is 1.67 bits per heavy atom. The molecule has 2 saturated heterocycles. The molecule has 418 valence electrons. The Bertz CT molecular complexity index is 3070. The van der Waals surface area contributed by atoms with Gasteiger partial charge in [0.1, 0.15) is 40.7 Å². The zero-order chi connectivity index (χ0) is 55.3. The van der Waals surface area contributed by atoms with E-state index in [2.05, 4.69) is 63.8 Å². The van der Waals surface area contributed by atoms with Crippen LogP contribution in [0.1, 0.15) is 144 Å². The topological polar surface area (TPSA) is 246 Å². The molecule has 2 aliphatic carbocycles. The number of hydrogen-bond acceptors (Lipinski definition) is 14. The van der Waals surface area contributed by atoms with Gasteiger partial charge in [-0.25, -0.2) is 23.4 Å². The summed E-state index contributed by atoms with van der Waals surface area (Å²) in [7, 11) is -2.12. The predicted molar refractivity (Wildman–Crippen MR) is 300 cm³/mol. The maximum Gasteiger partial charge on any atom is 0.253 e. The number of anilines is 3. The van der Waals surface area contributed by atoms with Crippen molar-refractivity contribution in [3.8, 4) is 5.75 Å². The number of aromatic amines is 1. The van der Waals surface area contributed by atoms with E-state index >= 15 is 0 Å². The third-order valence-corrected chi connectivity index (χ3v) is 19.2. The van der Waals surface area contributed by atoms with Gasteiger partial charge < -0.3 is 41.1 Å². The second-order valence-electron chi connectivity index (χ2n) is 22.9. The summed E-state index contributed by atoms with van der Waals surface area (Å²) in [4.78, 5) is 74.1. The van der Waals surface area contributed by atoms with Crippen LogP contribution in [0.25, 0.3) is 10.9 Å². The van der Waals surface area contributed by atoms with Crippen LogP contribution in [0.2, 0.25) is 0 Å². The third-order valence-electron chi connectivity index (χ3n) is 16.7. The fourth-order valence-corrected chi connectivity index (χ4v) is 12.9. The summed E-state index contributed by atoms with van der Waals surface area (Å²) in [6.45, 7) is 12.7. The minimum atomic E-state index is -3.83. The van der Waals surface area contributed by atoms with Crippen LogP contribution in [0.3, 0.4) is 0 Å². The molecule has 3 fully saturated rings. The monoisotopic (exact) mass is 1090 g/mol. The number of pyridine rings is 1. The van der Waals surface area contributed by atoms with E-state index in [-0.39, 0.29) is 59.2 Å². The highest BCUT2D eigenvalue weighted by Crippen LogP contribution is 2.38. The van der Waals surface area contributed by atoms with E-state index in [1.54, 1.807) is 64.0 Å². The van der Waals surface area contributed by atoms with Crippen LogP contribution in [-0.4, -0.2) is 124 Å². The smallest absolute Gasteiger partial charge is 0.253 e. The Morgan fingerprint density at radius 1 is 0.897 bits per heavy atom. The number of amides is 4. The average Bonchev–Trinajstić information content (AvgIpc) is 4.07. The summed E-state index contributed by atoms with van der Waals surface area (Å²) in [6, 6.07) is 12.2. The second kappa shape index (κ2) is 24.1.